The molecular formula is C16H15F4N. The Bertz CT molecular complexity index is 576. The van der Waals surface area contributed by atoms with Crippen LogP contribution in [0.4, 0.5) is 17.6 Å². The van der Waals surface area contributed by atoms with Crippen molar-refractivity contribution in [2.24, 2.45) is 0 Å². The van der Waals surface area contributed by atoms with Crippen LogP contribution in [0.2, 0.25) is 0 Å². The van der Waals surface area contributed by atoms with E-state index in [1.807, 2.05) is 0 Å². The minimum Gasteiger partial charge on any atom is -0.312 e. The topological polar surface area (TPSA) is 12.0 Å². The Hall–Kier alpha value is -1.88. The van der Waals surface area contributed by atoms with Crippen molar-refractivity contribution in [3.8, 4) is 0 Å². The van der Waals surface area contributed by atoms with Crippen molar-refractivity contribution in [2.75, 3.05) is 6.54 Å². The van der Waals surface area contributed by atoms with Crippen LogP contribution in [-0.4, -0.2) is 6.54 Å². The Balaban J connectivity index is 1.88. The lowest BCUT2D eigenvalue weighted by Gasteiger charge is -2.13. The van der Waals surface area contributed by atoms with Crippen molar-refractivity contribution in [3.63, 3.8) is 0 Å². The molecule has 0 saturated carbocycles. The van der Waals surface area contributed by atoms with Gasteiger partial charge in [0.25, 0.3) is 0 Å². The van der Waals surface area contributed by atoms with E-state index in [1.54, 1.807) is 18.2 Å². The first-order chi connectivity index (χ1) is 9.97. The molecule has 0 bridgehead atoms. The molecule has 0 radical (unpaired) electrons. The zero-order chi connectivity index (χ0) is 15.3. The maximum Gasteiger partial charge on any atom is 0.416 e. The van der Waals surface area contributed by atoms with Gasteiger partial charge in [0.1, 0.15) is 5.82 Å². The normalized spacial score (nSPS) is 11.6. The lowest BCUT2D eigenvalue weighted by Crippen LogP contribution is -2.19. The highest BCUT2D eigenvalue weighted by Gasteiger charge is 2.32. The second-order valence-electron chi connectivity index (χ2n) is 4.71. The molecule has 0 aliphatic rings. The number of alkyl halides is 3. The third-order valence-electron chi connectivity index (χ3n) is 3.14. The van der Waals surface area contributed by atoms with Crippen LogP contribution < -0.4 is 5.32 Å². The Morgan fingerprint density at radius 3 is 2.24 bits per heavy atom. The lowest BCUT2D eigenvalue weighted by atomic mass is 10.1. The van der Waals surface area contributed by atoms with E-state index < -0.39 is 11.7 Å². The fraction of sp³-hybridized carbons (Fsp3) is 0.250. The second kappa shape index (κ2) is 6.72. The van der Waals surface area contributed by atoms with E-state index in [-0.39, 0.29) is 17.9 Å². The Labute approximate surface area is 120 Å². The molecule has 0 atom stereocenters. The Kier molecular flexibility index (Phi) is 4.96. The molecule has 0 saturated heterocycles. The zero-order valence-electron chi connectivity index (χ0n) is 11.3. The van der Waals surface area contributed by atoms with Crippen molar-refractivity contribution in [1.82, 2.24) is 5.32 Å². The molecular weight excluding hydrogens is 282 g/mol. The molecule has 0 amide bonds. The molecule has 112 valence electrons. The first kappa shape index (κ1) is 15.5. The minimum absolute atomic E-state index is 0.150. The standard InChI is InChI=1S/C16H15F4N/c17-14-7-5-12(6-8-14)9-10-21-11-13-3-1-2-4-15(13)16(18,19)20/h1-8,21H,9-11H2. The smallest absolute Gasteiger partial charge is 0.312 e. The molecule has 0 aromatic heterocycles. The lowest BCUT2D eigenvalue weighted by molar-refractivity contribution is -0.138. The highest BCUT2D eigenvalue weighted by atomic mass is 19.4. The molecule has 0 aliphatic heterocycles. The van der Waals surface area contributed by atoms with E-state index in [2.05, 4.69) is 5.32 Å². The van der Waals surface area contributed by atoms with Gasteiger partial charge in [-0.05, 0) is 42.3 Å². The second-order valence-corrected chi connectivity index (χ2v) is 4.71. The molecule has 0 unspecified atom stereocenters. The molecule has 2 aromatic rings. The molecule has 0 fully saturated rings. The number of hydrogen-bond acceptors (Lipinski definition) is 1. The van der Waals surface area contributed by atoms with E-state index in [0.29, 0.717) is 13.0 Å². The van der Waals surface area contributed by atoms with Gasteiger partial charge in [-0.15, -0.1) is 0 Å². The molecule has 0 aliphatic carbocycles. The molecule has 0 heterocycles. The average molecular weight is 297 g/mol. The zero-order valence-corrected chi connectivity index (χ0v) is 11.3. The van der Waals surface area contributed by atoms with Crippen LogP contribution in [0.5, 0.6) is 0 Å². The number of hydrogen-bond donors (Lipinski definition) is 1. The summed E-state index contributed by atoms with van der Waals surface area (Å²) in [5.41, 5.74) is 0.552. The third kappa shape index (κ3) is 4.56. The van der Waals surface area contributed by atoms with E-state index in [4.69, 9.17) is 0 Å². The highest BCUT2D eigenvalue weighted by Crippen LogP contribution is 2.31. The summed E-state index contributed by atoms with van der Waals surface area (Å²) in [6.07, 6.45) is -3.70. The van der Waals surface area contributed by atoms with Crippen LogP contribution in [0.1, 0.15) is 16.7 Å². The maximum atomic E-state index is 12.8. The van der Waals surface area contributed by atoms with Gasteiger partial charge in [-0.25, -0.2) is 4.39 Å². The monoisotopic (exact) mass is 297 g/mol. The van der Waals surface area contributed by atoms with Crippen LogP contribution >= 0.6 is 0 Å². The first-order valence-electron chi connectivity index (χ1n) is 6.57. The van der Waals surface area contributed by atoms with Crippen LogP contribution in [0.15, 0.2) is 48.5 Å². The first-order valence-corrected chi connectivity index (χ1v) is 6.57. The molecule has 1 N–H and O–H groups in total. The van der Waals surface area contributed by atoms with Crippen molar-refractivity contribution in [1.29, 1.82) is 0 Å². The Morgan fingerprint density at radius 1 is 0.905 bits per heavy atom. The number of rotatable bonds is 5. The Morgan fingerprint density at radius 2 is 1.57 bits per heavy atom. The fourth-order valence-electron chi connectivity index (χ4n) is 2.06. The summed E-state index contributed by atoms with van der Waals surface area (Å²) >= 11 is 0. The van der Waals surface area contributed by atoms with E-state index in [9.17, 15) is 17.6 Å². The predicted molar refractivity (Wildman–Crippen MR) is 73.3 cm³/mol. The molecule has 21 heavy (non-hydrogen) atoms. The van der Waals surface area contributed by atoms with Gasteiger partial charge in [0, 0.05) is 6.54 Å². The highest BCUT2D eigenvalue weighted by molar-refractivity contribution is 5.29. The van der Waals surface area contributed by atoms with Crippen molar-refractivity contribution in [3.05, 3.63) is 71.0 Å². The third-order valence-corrected chi connectivity index (χ3v) is 3.14. The molecule has 1 nitrogen and oxygen atoms in total. The van der Waals surface area contributed by atoms with E-state index in [1.165, 1.54) is 24.3 Å². The number of nitrogens with one attached hydrogen (secondary N) is 1. The van der Waals surface area contributed by atoms with Crippen LogP contribution in [0.3, 0.4) is 0 Å². The van der Waals surface area contributed by atoms with Crippen LogP contribution in [-0.2, 0) is 19.1 Å². The summed E-state index contributed by atoms with van der Waals surface area (Å²) in [6, 6.07) is 11.6. The van der Waals surface area contributed by atoms with Crippen molar-refractivity contribution in [2.45, 2.75) is 19.1 Å². The van der Waals surface area contributed by atoms with Crippen LogP contribution in [0.25, 0.3) is 0 Å². The molecule has 2 aromatic carbocycles. The summed E-state index contributed by atoms with van der Waals surface area (Å²) in [5, 5.41) is 2.98. The van der Waals surface area contributed by atoms with Gasteiger partial charge in [-0.3, -0.25) is 0 Å². The summed E-state index contributed by atoms with van der Waals surface area (Å²) in [6.45, 7) is 0.675. The predicted octanol–water partition coefficient (Wildman–Crippen LogP) is 4.18. The average Bonchev–Trinajstić information content (AvgIpc) is 2.45. The van der Waals surface area contributed by atoms with Gasteiger partial charge in [0.2, 0.25) is 0 Å². The summed E-state index contributed by atoms with van der Waals surface area (Å²) in [5.74, 6) is -0.300. The van der Waals surface area contributed by atoms with E-state index >= 15 is 0 Å². The van der Waals surface area contributed by atoms with Gasteiger partial charge < -0.3 is 5.32 Å². The van der Waals surface area contributed by atoms with Gasteiger partial charge in [-0.2, -0.15) is 13.2 Å². The van der Waals surface area contributed by atoms with Gasteiger partial charge in [-0.1, -0.05) is 30.3 Å². The summed E-state index contributed by atoms with van der Waals surface area (Å²) in [4.78, 5) is 0. The molecule has 0 spiro atoms. The largest absolute Gasteiger partial charge is 0.416 e. The summed E-state index contributed by atoms with van der Waals surface area (Å²) in [7, 11) is 0. The van der Waals surface area contributed by atoms with E-state index in [0.717, 1.165) is 11.6 Å². The number of halogens is 4. The molecule has 2 rings (SSSR count). The van der Waals surface area contributed by atoms with Crippen molar-refractivity contribution >= 4 is 0 Å². The number of benzene rings is 2. The fourth-order valence-corrected chi connectivity index (χ4v) is 2.06. The minimum atomic E-state index is -4.34. The van der Waals surface area contributed by atoms with Gasteiger partial charge in [0.15, 0.2) is 0 Å². The molecule has 5 heteroatoms. The maximum absolute atomic E-state index is 12.8. The SMILES string of the molecule is Fc1ccc(CCNCc2ccccc2C(F)(F)F)cc1. The quantitative estimate of drug-likeness (QED) is 0.645. The summed E-state index contributed by atoms with van der Waals surface area (Å²) < 4.78 is 51.1. The van der Waals surface area contributed by atoms with Crippen molar-refractivity contribution < 1.29 is 17.6 Å². The van der Waals surface area contributed by atoms with Crippen LogP contribution in [0, 0.1) is 5.82 Å². The van der Waals surface area contributed by atoms with Gasteiger partial charge in [0.05, 0.1) is 5.56 Å². The van der Waals surface area contributed by atoms with Gasteiger partial charge >= 0.3 is 6.18 Å².